The molecule has 12 heteroatoms. The van der Waals surface area contributed by atoms with E-state index in [1.165, 1.54) is 0 Å². The zero-order chi connectivity index (χ0) is 13.9. The van der Waals surface area contributed by atoms with Crippen LogP contribution in [0.25, 0.3) is 0 Å². The molecule has 0 saturated carbocycles. The van der Waals surface area contributed by atoms with Gasteiger partial charge in [0.05, 0.1) is 6.16 Å². The summed E-state index contributed by atoms with van der Waals surface area (Å²) in [6.07, 6.45) is 0.498. The van der Waals surface area contributed by atoms with Gasteiger partial charge in [-0.1, -0.05) is 12.2 Å². The third-order valence-corrected chi connectivity index (χ3v) is 6.10. The molecule has 0 aliphatic heterocycles. The van der Waals surface area contributed by atoms with E-state index in [0.717, 1.165) is 12.2 Å². The third-order valence-electron chi connectivity index (χ3n) is 1.63. The Hall–Kier alpha value is 0.190. The maximum absolute atomic E-state index is 10.8. The first-order chi connectivity index (χ1) is 7.34. The molecule has 0 rings (SSSR count). The zero-order valence-electron chi connectivity index (χ0n) is 8.40. The van der Waals surface area contributed by atoms with Gasteiger partial charge >= 0.3 is 22.8 Å². The Morgan fingerprint density at radius 3 is 1.53 bits per heavy atom. The zero-order valence-corrected chi connectivity index (χ0v) is 11.1. The lowest BCUT2D eigenvalue weighted by Crippen LogP contribution is -2.07. The highest BCUT2D eigenvalue weighted by molar-refractivity contribution is 7.70. The van der Waals surface area contributed by atoms with E-state index < -0.39 is 40.8 Å². The first kappa shape index (κ1) is 17.2. The van der Waals surface area contributed by atoms with Gasteiger partial charge < -0.3 is 29.4 Å². The van der Waals surface area contributed by atoms with Gasteiger partial charge in [0.2, 0.25) is 0 Å². The fourth-order valence-corrected chi connectivity index (χ4v) is 3.68. The van der Waals surface area contributed by atoms with Crippen molar-refractivity contribution >= 4 is 22.8 Å². The van der Waals surface area contributed by atoms with Gasteiger partial charge in [-0.05, 0) is 6.42 Å². The van der Waals surface area contributed by atoms with Crippen LogP contribution >= 0.6 is 22.8 Å². The van der Waals surface area contributed by atoms with E-state index in [1.54, 1.807) is 0 Å². The van der Waals surface area contributed by atoms with Gasteiger partial charge in [-0.25, -0.2) is 0 Å². The van der Waals surface area contributed by atoms with Crippen molar-refractivity contribution in [1.82, 2.24) is 0 Å². The van der Waals surface area contributed by atoms with Crippen LogP contribution in [0.3, 0.4) is 0 Å². The van der Waals surface area contributed by atoms with Gasteiger partial charge in [0.25, 0.3) is 0 Å². The highest BCUT2D eigenvalue weighted by Crippen LogP contribution is 2.61. The second kappa shape index (κ2) is 5.89. The Labute approximate surface area is 96.7 Å². The van der Waals surface area contributed by atoms with E-state index in [-0.39, 0.29) is 0 Å². The van der Waals surface area contributed by atoms with Crippen molar-refractivity contribution in [3.63, 3.8) is 0 Å². The summed E-state index contributed by atoms with van der Waals surface area (Å²) in [5, 5.41) is -2.19. The Morgan fingerprint density at radius 2 is 1.24 bits per heavy atom. The summed E-state index contributed by atoms with van der Waals surface area (Å²) < 4.78 is 32.0. The van der Waals surface area contributed by atoms with Crippen molar-refractivity contribution in [2.24, 2.45) is 0 Å². The summed E-state index contributed by atoms with van der Waals surface area (Å²) in [6, 6.07) is 0. The molecule has 0 aliphatic rings. The smallest absolute Gasteiger partial charge is 0.324 e. The molecule has 0 unspecified atom stereocenters. The summed E-state index contributed by atoms with van der Waals surface area (Å²) in [6.45, 7) is 0. The largest absolute Gasteiger partial charge is 0.341 e. The second-order valence-corrected chi connectivity index (χ2v) is 8.92. The van der Waals surface area contributed by atoms with Crippen LogP contribution in [0.2, 0.25) is 0 Å². The van der Waals surface area contributed by atoms with Crippen LogP contribution in [-0.4, -0.2) is 40.9 Å². The van der Waals surface area contributed by atoms with Crippen molar-refractivity contribution in [3.05, 3.63) is 12.2 Å². The molecule has 0 atom stereocenters. The van der Waals surface area contributed by atoms with Gasteiger partial charge in [-0.3, -0.25) is 13.7 Å². The molecule has 9 nitrogen and oxygen atoms in total. The normalized spacial score (nSPS) is 14.8. The lowest BCUT2D eigenvalue weighted by atomic mass is 10.4. The standard InChI is InChI=1S/C5H13O9P3/c6-15(7,8)4-2-1-3-5(16(9,10)11)17(12,13)14/h1-2,5H,3-4H2,(H2,6,7,8)(H2,9,10,11)(H2,12,13,14). The predicted molar refractivity (Wildman–Crippen MR) is 58.5 cm³/mol. The van der Waals surface area contributed by atoms with E-state index in [2.05, 4.69) is 0 Å². The van der Waals surface area contributed by atoms with Gasteiger partial charge in [0.15, 0.2) is 5.40 Å². The summed E-state index contributed by atoms with van der Waals surface area (Å²) in [5.74, 6) is 0. The molecule has 0 aromatic carbocycles. The van der Waals surface area contributed by atoms with Gasteiger partial charge in [-0.15, -0.1) is 0 Å². The highest BCUT2D eigenvalue weighted by Gasteiger charge is 2.42. The van der Waals surface area contributed by atoms with E-state index in [9.17, 15) is 13.7 Å². The average Bonchev–Trinajstić information content (AvgIpc) is 1.95. The van der Waals surface area contributed by atoms with E-state index in [4.69, 9.17) is 29.4 Å². The molecule has 0 aromatic heterocycles. The fraction of sp³-hybridized carbons (Fsp3) is 0.600. The summed E-state index contributed by atoms with van der Waals surface area (Å²) in [5.41, 5.74) is 0. The fourth-order valence-electron chi connectivity index (χ4n) is 0.900. The van der Waals surface area contributed by atoms with E-state index in [1.807, 2.05) is 0 Å². The molecule has 0 aliphatic carbocycles. The quantitative estimate of drug-likeness (QED) is 0.286. The summed E-state index contributed by atoms with van der Waals surface area (Å²) >= 11 is 0. The Balaban J connectivity index is 4.67. The minimum Gasteiger partial charge on any atom is -0.324 e. The van der Waals surface area contributed by atoms with Crippen LogP contribution in [0.15, 0.2) is 12.2 Å². The number of allylic oxidation sites excluding steroid dienone is 2. The minimum absolute atomic E-state index is 0.665. The maximum Gasteiger partial charge on any atom is 0.341 e. The topological polar surface area (TPSA) is 173 Å². The van der Waals surface area contributed by atoms with Gasteiger partial charge in [0.1, 0.15) is 0 Å². The molecule has 0 radical (unpaired) electrons. The molecule has 102 valence electrons. The molecular weight excluding hydrogens is 297 g/mol. The van der Waals surface area contributed by atoms with Crippen molar-refractivity contribution in [2.75, 3.05) is 6.16 Å². The molecule has 0 amide bonds. The van der Waals surface area contributed by atoms with Crippen LogP contribution in [0.5, 0.6) is 0 Å². The van der Waals surface area contributed by atoms with Crippen molar-refractivity contribution in [2.45, 2.75) is 11.8 Å². The Bertz CT molecular complexity index is 388. The van der Waals surface area contributed by atoms with Gasteiger partial charge in [-0.2, -0.15) is 0 Å². The summed E-state index contributed by atoms with van der Waals surface area (Å²) in [4.78, 5) is 51.7. The molecule has 0 bridgehead atoms. The third kappa shape index (κ3) is 8.00. The molecule has 0 fully saturated rings. The molecule has 0 saturated heterocycles. The number of rotatable bonds is 6. The maximum atomic E-state index is 10.8. The lowest BCUT2D eigenvalue weighted by Gasteiger charge is -2.17. The van der Waals surface area contributed by atoms with Crippen molar-refractivity contribution in [1.29, 1.82) is 0 Å². The van der Waals surface area contributed by atoms with Crippen molar-refractivity contribution < 1.29 is 43.1 Å². The van der Waals surface area contributed by atoms with E-state index in [0.29, 0.717) is 0 Å². The lowest BCUT2D eigenvalue weighted by molar-refractivity contribution is 0.338. The van der Waals surface area contributed by atoms with Crippen LogP contribution in [0.1, 0.15) is 6.42 Å². The minimum atomic E-state index is -4.99. The first-order valence-corrected chi connectivity index (χ1v) is 9.30. The van der Waals surface area contributed by atoms with Gasteiger partial charge in [0, 0.05) is 0 Å². The molecule has 0 aromatic rings. The molecular formula is C5H13O9P3. The average molecular weight is 310 g/mol. The summed E-state index contributed by atoms with van der Waals surface area (Å²) in [7, 11) is -14.3. The molecule has 17 heavy (non-hydrogen) atoms. The van der Waals surface area contributed by atoms with E-state index >= 15 is 0 Å². The highest BCUT2D eigenvalue weighted by atomic mass is 31.2. The SMILES string of the molecule is O=P(O)(O)CC=CCC(P(=O)(O)O)P(=O)(O)O. The molecule has 6 N–H and O–H groups in total. The second-order valence-electron chi connectivity index (χ2n) is 3.21. The number of hydrogen-bond acceptors (Lipinski definition) is 3. The van der Waals surface area contributed by atoms with Crippen LogP contribution in [-0.2, 0) is 13.7 Å². The van der Waals surface area contributed by atoms with Crippen molar-refractivity contribution in [3.8, 4) is 0 Å². The van der Waals surface area contributed by atoms with Crippen LogP contribution < -0.4 is 0 Å². The predicted octanol–water partition coefficient (Wildman–Crippen LogP) is -0.208. The molecule has 0 spiro atoms. The number of hydrogen-bond donors (Lipinski definition) is 6. The monoisotopic (exact) mass is 310 g/mol. The Kier molecular flexibility index (Phi) is 5.95. The Morgan fingerprint density at radius 1 is 0.824 bits per heavy atom. The van der Waals surface area contributed by atoms with Crippen LogP contribution in [0, 0.1) is 0 Å². The molecule has 0 heterocycles. The first-order valence-electron chi connectivity index (χ1n) is 4.14. The van der Waals surface area contributed by atoms with Crippen LogP contribution in [0.4, 0.5) is 0 Å².